The largest absolute Gasteiger partial charge is 0.495 e. The van der Waals surface area contributed by atoms with Crippen molar-refractivity contribution in [3.05, 3.63) is 29.5 Å². The van der Waals surface area contributed by atoms with Crippen LogP contribution in [0.3, 0.4) is 0 Å². The highest BCUT2D eigenvalue weighted by atomic mass is 32.2. The van der Waals surface area contributed by atoms with Crippen LogP contribution in [-0.2, 0) is 24.3 Å². The van der Waals surface area contributed by atoms with Crippen molar-refractivity contribution in [1.82, 2.24) is 4.90 Å². The van der Waals surface area contributed by atoms with Crippen molar-refractivity contribution in [2.45, 2.75) is 0 Å². The fourth-order valence-electron chi connectivity index (χ4n) is 2.56. The number of aliphatic hydroxyl groups is 1. The summed E-state index contributed by atoms with van der Waals surface area (Å²) in [7, 11) is -0.964. The van der Waals surface area contributed by atoms with E-state index >= 15 is 0 Å². The molecule has 27 heavy (non-hydrogen) atoms. The highest BCUT2D eigenvalue weighted by Gasteiger charge is 2.34. The van der Waals surface area contributed by atoms with Crippen LogP contribution in [0.15, 0.2) is 29.5 Å². The summed E-state index contributed by atoms with van der Waals surface area (Å²) in [5, 5.41) is 11.9. The number of methoxy groups -OCH3 is 2. The minimum absolute atomic E-state index is 0.000991. The van der Waals surface area contributed by atoms with Gasteiger partial charge in [0.05, 0.1) is 44.9 Å². The number of amides is 1. The normalized spacial score (nSPS) is 14.4. The molecule has 0 atom stereocenters. The van der Waals surface area contributed by atoms with Crippen molar-refractivity contribution in [3.63, 3.8) is 0 Å². The average Bonchev–Trinajstić information content (AvgIpc) is 2.90. The third kappa shape index (κ3) is 4.89. The number of hydrogen-bond acceptors (Lipinski definition) is 8. The molecule has 0 spiro atoms. The molecule has 148 valence electrons. The topological polar surface area (TPSA) is 134 Å². The van der Waals surface area contributed by atoms with Gasteiger partial charge in [-0.1, -0.05) is 0 Å². The zero-order valence-electron chi connectivity index (χ0n) is 15.1. The second-order valence-electron chi connectivity index (χ2n) is 5.71. The molecule has 2 rings (SSSR count). The van der Waals surface area contributed by atoms with E-state index in [1.165, 1.54) is 31.3 Å². The van der Waals surface area contributed by atoms with E-state index in [1.807, 2.05) is 0 Å². The van der Waals surface area contributed by atoms with Gasteiger partial charge in [-0.25, -0.2) is 13.2 Å². The minimum atomic E-state index is -3.56. The third-order valence-corrected chi connectivity index (χ3v) is 4.31. The fourth-order valence-corrected chi connectivity index (χ4v) is 3.12. The van der Waals surface area contributed by atoms with E-state index in [0.717, 1.165) is 6.26 Å². The number of nitrogens with zero attached hydrogens (tertiary/aromatic N) is 1. The molecule has 0 fully saturated rings. The lowest BCUT2D eigenvalue weighted by Crippen LogP contribution is -2.31. The summed E-state index contributed by atoms with van der Waals surface area (Å²) in [6, 6.07) is 4.51. The van der Waals surface area contributed by atoms with E-state index < -0.39 is 21.9 Å². The molecule has 0 saturated heterocycles. The quantitative estimate of drug-likeness (QED) is 0.509. The summed E-state index contributed by atoms with van der Waals surface area (Å²) in [6.45, 7) is -0.189. The number of nitrogens with one attached hydrogen (secondary N) is 2. The lowest BCUT2D eigenvalue weighted by molar-refractivity contribution is -0.136. The molecule has 0 unspecified atom stereocenters. The Balaban J connectivity index is 2.39. The molecule has 0 saturated carbocycles. The number of carbonyl (C=O) groups excluding carboxylic acids is 2. The number of esters is 1. The number of carbonyl (C=O) groups is 2. The number of benzene rings is 1. The van der Waals surface area contributed by atoms with Crippen LogP contribution in [0.4, 0.5) is 11.4 Å². The van der Waals surface area contributed by atoms with Crippen LogP contribution >= 0.6 is 0 Å². The maximum Gasteiger partial charge on any atom is 0.337 e. The van der Waals surface area contributed by atoms with Gasteiger partial charge in [0.2, 0.25) is 10.0 Å². The van der Waals surface area contributed by atoms with E-state index in [4.69, 9.17) is 14.6 Å². The smallest absolute Gasteiger partial charge is 0.337 e. The zero-order valence-corrected chi connectivity index (χ0v) is 15.9. The van der Waals surface area contributed by atoms with E-state index in [0.29, 0.717) is 5.69 Å². The first-order chi connectivity index (χ1) is 12.7. The van der Waals surface area contributed by atoms with Crippen LogP contribution < -0.4 is 14.8 Å². The number of hydrogen-bond donors (Lipinski definition) is 3. The number of anilines is 2. The van der Waals surface area contributed by atoms with Crippen LogP contribution in [0, 0.1) is 0 Å². The van der Waals surface area contributed by atoms with Gasteiger partial charge in [-0.15, -0.1) is 0 Å². The van der Waals surface area contributed by atoms with Gasteiger partial charge in [0.15, 0.2) is 0 Å². The predicted molar refractivity (Wildman–Crippen MR) is 97.8 cm³/mol. The SMILES string of the molecule is COC(=O)C1=C(Nc2ccc(OC)c(NS(C)(=O)=O)c2)C(=O)N(CCO)C1. The first-order valence-corrected chi connectivity index (χ1v) is 9.73. The van der Waals surface area contributed by atoms with Crippen molar-refractivity contribution < 1.29 is 32.6 Å². The molecular weight excluding hydrogens is 378 g/mol. The Hall–Kier alpha value is -2.79. The minimum Gasteiger partial charge on any atom is -0.495 e. The molecule has 3 N–H and O–H groups in total. The number of aliphatic hydroxyl groups excluding tert-OH is 1. The van der Waals surface area contributed by atoms with Gasteiger partial charge in [-0.2, -0.15) is 0 Å². The first-order valence-electron chi connectivity index (χ1n) is 7.84. The van der Waals surface area contributed by atoms with E-state index in [1.54, 1.807) is 6.07 Å². The molecule has 1 aromatic carbocycles. The Kier molecular flexibility index (Phi) is 6.28. The standard InChI is InChI=1S/C16H21N3O7S/c1-25-13-5-4-10(8-12(13)18-27(3,23)24)17-14-11(16(22)26-2)9-19(6-7-20)15(14)21/h4-5,8,17-18,20H,6-7,9H2,1-3H3. The molecule has 0 bridgehead atoms. The lowest BCUT2D eigenvalue weighted by Gasteiger charge is -2.16. The molecule has 1 aliphatic rings. The average molecular weight is 399 g/mol. The highest BCUT2D eigenvalue weighted by molar-refractivity contribution is 7.92. The van der Waals surface area contributed by atoms with Crippen LogP contribution in [0.5, 0.6) is 5.75 Å². The van der Waals surface area contributed by atoms with Gasteiger partial charge in [0, 0.05) is 12.2 Å². The first kappa shape index (κ1) is 20.5. The van der Waals surface area contributed by atoms with Crippen molar-refractivity contribution in [1.29, 1.82) is 0 Å². The van der Waals surface area contributed by atoms with Crippen molar-refractivity contribution in [2.24, 2.45) is 0 Å². The van der Waals surface area contributed by atoms with Crippen LogP contribution in [0.2, 0.25) is 0 Å². The fraction of sp³-hybridized carbons (Fsp3) is 0.375. The summed E-state index contributed by atoms with van der Waals surface area (Å²) >= 11 is 0. The van der Waals surface area contributed by atoms with E-state index in [-0.39, 0.29) is 42.4 Å². The van der Waals surface area contributed by atoms with Crippen molar-refractivity contribution >= 4 is 33.3 Å². The molecule has 11 heteroatoms. The van der Waals surface area contributed by atoms with Crippen molar-refractivity contribution in [2.75, 3.05) is 50.2 Å². The summed E-state index contributed by atoms with van der Waals surface area (Å²) in [6.07, 6.45) is 0.998. The van der Waals surface area contributed by atoms with E-state index in [2.05, 4.69) is 10.0 Å². The summed E-state index contributed by atoms with van der Waals surface area (Å²) in [5.41, 5.74) is 0.649. The second-order valence-corrected chi connectivity index (χ2v) is 7.46. The van der Waals surface area contributed by atoms with Gasteiger partial charge >= 0.3 is 5.97 Å². The van der Waals surface area contributed by atoms with Gasteiger partial charge in [-0.3, -0.25) is 9.52 Å². The molecule has 0 radical (unpaired) electrons. The highest BCUT2D eigenvalue weighted by Crippen LogP contribution is 2.30. The lowest BCUT2D eigenvalue weighted by atomic mass is 10.2. The maximum absolute atomic E-state index is 12.5. The van der Waals surface area contributed by atoms with E-state index in [9.17, 15) is 18.0 Å². The van der Waals surface area contributed by atoms with Gasteiger partial charge in [0.1, 0.15) is 11.4 Å². The number of rotatable bonds is 8. The van der Waals surface area contributed by atoms with Crippen LogP contribution in [-0.4, -0.2) is 70.5 Å². The predicted octanol–water partition coefficient (Wildman–Crippen LogP) is -0.260. The maximum atomic E-state index is 12.5. The molecule has 0 aromatic heterocycles. The molecule has 0 aliphatic carbocycles. The number of β-amino-alcohol motifs (C(OH)–C–C–N with tert-alkyl or cyclic N) is 1. The number of sulfonamides is 1. The zero-order chi connectivity index (χ0) is 20.2. The Labute approximate surface area is 156 Å². The molecule has 10 nitrogen and oxygen atoms in total. The summed E-state index contributed by atoms with van der Waals surface area (Å²) < 4.78 is 35.2. The number of ether oxygens (including phenoxy) is 2. The molecule has 1 aliphatic heterocycles. The van der Waals surface area contributed by atoms with Crippen LogP contribution in [0.25, 0.3) is 0 Å². The Morgan fingerprint density at radius 1 is 1.33 bits per heavy atom. The Bertz CT molecular complexity index is 880. The molecular formula is C16H21N3O7S. The molecule has 1 amide bonds. The van der Waals surface area contributed by atoms with Gasteiger partial charge in [0.25, 0.3) is 5.91 Å². The monoisotopic (exact) mass is 399 g/mol. The van der Waals surface area contributed by atoms with Crippen LogP contribution in [0.1, 0.15) is 0 Å². The second kappa shape index (κ2) is 8.27. The third-order valence-electron chi connectivity index (χ3n) is 3.72. The molecule has 1 aromatic rings. The Morgan fingerprint density at radius 2 is 2.04 bits per heavy atom. The Morgan fingerprint density at radius 3 is 2.59 bits per heavy atom. The summed E-state index contributed by atoms with van der Waals surface area (Å²) in [5.74, 6) is -0.861. The summed E-state index contributed by atoms with van der Waals surface area (Å²) in [4.78, 5) is 25.8. The molecule has 1 heterocycles. The van der Waals surface area contributed by atoms with Gasteiger partial charge in [-0.05, 0) is 18.2 Å². The van der Waals surface area contributed by atoms with Crippen molar-refractivity contribution in [3.8, 4) is 5.75 Å². The van der Waals surface area contributed by atoms with Gasteiger partial charge < -0.3 is 24.8 Å².